The molecule has 0 spiro atoms. The summed E-state index contributed by atoms with van der Waals surface area (Å²) in [6.07, 6.45) is -0.390. The van der Waals surface area contributed by atoms with Gasteiger partial charge in [0, 0.05) is 12.3 Å². The van der Waals surface area contributed by atoms with Gasteiger partial charge in [0.2, 0.25) is 5.91 Å². The molecule has 0 aliphatic carbocycles. The molecular formula is C21H28N2O6S. The quantitative estimate of drug-likeness (QED) is 0.653. The fraction of sp³-hybridized carbons (Fsp3) is 0.571. The first kappa shape index (κ1) is 22.4. The minimum absolute atomic E-state index is 0.150. The standard InChI is InChI=1S/C21H28N2O6S/c1-2-28-19(25)11-18(24)17-13-30-14-23(17)20(26)16-9-6-10-22(16)21(27)29-12-15-7-4-3-5-8-15/h3-5,7-8,16-18,24H,2,6,9-14H2,1H3/t16-,17-,18?/m0/s1. The number of aliphatic hydroxyl groups is 1. The van der Waals surface area contributed by atoms with Gasteiger partial charge in [0.15, 0.2) is 0 Å². The Kier molecular flexibility index (Phi) is 7.98. The molecule has 0 bridgehead atoms. The first-order valence-electron chi connectivity index (χ1n) is 10.2. The summed E-state index contributed by atoms with van der Waals surface area (Å²) in [4.78, 5) is 40.6. The molecule has 1 unspecified atom stereocenters. The van der Waals surface area contributed by atoms with Gasteiger partial charge in [-0.15, -0.1) is 11.8 Å². The summed E-state index contributed by atoms with van der Waals surface area (Å²) in [5.74, 6) is 0.271. The summed E-state index contributed by atoms with van der Waals surface area (Å²) in [5.41, 5.74) is 0.881. The number of hydrogen-bond acceptors (Lipinski definition) is 7. The van der Waals surface area contributed by atoms with Crippen molar-refractivity contribution in [3.05, 3.63) is 35.9 Å². The second-order valence-corrected chi connectivity index (χ2v) is 8.34. The molecule has 30 heavy (non-hydrogen) atoms. The molecule has 2 saturated heterocycles. The number of ether oxygens (including phenoxy) is 2. The van der Waals surface area contributed by atoms with Gasteiger partial charge in [-0.1, -0.05) is 30.3 Å². The van der Waals surface area contributed by atoms with E-state index >= 15 is 0 Å². The van der Waals surface area contributed by atoms with Gasteiger partial charge in [-0.2, -0.15) is 0 Å². The van der Waals surface area contributed by atoms with Crippen LogP contribution in [-0.4, -0.2) is 75.8 Å². The third kappa shape index (κ3) is 5.46. The van der Waals surface area contributed by atoms with Crippen molar-refractivity contribution in [2.45, 2.75) is 51.0 Å². The average molecular weight is 437 g/mol. The van der Waals surface area contributed by atoms with E-state index < -0.39 is 30.3 Å². The van der Waals surface area contributed by atoms with E-state index in [0.29, 0.717) is 31.0 Å². The number of nitrogens with zero attached hydrogens (tertiary/aromatic N) is 2. The van der Waals surface area contributed by atoms with Crippen LogP contribution in [0.15, 0.2) is 30.3 Å². The molecule has 0 saturated carbocycles. The summed E-state index contributed by atoms with van der Waals surface area (Å²) in [5, 5.41) is 10.5. The minimum Gasteiger partial charge on any atom is -0.466 e. The normalized spacial score (nSPS) is 22.1. The molecule has 1 aromatic rings. The summed E-state index contributed by atoms with van der Waals surface area (Å²) in [7, 11) is 0. The second-order valence-electron chi connectivity index (χ2n) is 7.34. The van der Waals surface area contributed by atoms with Crippen molar-refractivity contribution < 1.29 is 29.0 Å². The van der Waals surface area contributed by atoms with Crippen molar-refractivity contribution in [1.29, 1.82) is 0 Å². The molecule has 1 aromatic carbocycles. The van der Waals surface area contributed by atoms with Crippen LogP contribution in [0.25, 0.3) is 0 Å². The Labute approximate surface area is 180 Å². The zero-order valence-electron chi connectivity index (χ0n) is 17.1. The van der Waals surface area contributed by atoms with Gasteiger partial charge in [0.25, 0.3) is 0 Å². The number of carbonyl (C=O) groups is 3. The van der Waals surface area contributed by atoms with Crippen LogP contribution >= 0.6 is 11.8 Å². The van der Waals surface area contributed by atoms with Gasteiger partial charge in [0.1, 0.15) is 12.6 Å². The van der Waals surface area contributed by atoms with Gasteiger partial charge in [-0.25, -0.2) is 4.79 Å². The van der Waals surface area contributed by atoms with Crippen molar-refractivity contribution in [3.8, 4) is 0 Å². The summed E-state index contributed by atoms with van der Waals surface area (Å²) in [6.45, 7) is 2.56. The van der Waals surface area contributed by atoms with E-state index in [4.69, 9.17) is 9.47 Å². The Hall–Kier alpha value is -2.26. The average Bonchev–Trinajstić information content (AvgIpc) is 3.42. The molecule has 8 nitrogen and oxygen atoms in total. The lowest BCUT2D eigenvalue weighted by Crippen LogP contribution is -2.52. The number of esters is 1. The Morgan fingerprint density at radius 1 is 1.20 bits per heavy atom. The molecule has 2 aliphatic rings. The smallest absolute Gasteiger partial charge is 0.410 e. The van der Waals surface area contributed by atoms with Gasteiger partial charge in [0.05, 0.1) is 31.1 Å². The van der Waals surface area contributed by atoms with Crippen molar-refractivity contribution in [1.82, 2.24) is 9.80 Å². The fourth-order valence-electron chi connectivity index (χ4n) is 3.77. The predicted molar refractivity (Wildman–Crippen MR) is 112 cm³/mol. The number of benzene rings is 1. The molecule has 3 atom stereocenters. The third-order valence-corrected chi connectivity index (χ3v) is 6.34. The highest BCUT2D eigenvalue weighted by molar-refractivity contribution is 7.99. The molecule has 164 valence electrons. The van der Waals surface area contributed by atoms with Gasteiger partial charge in [-0.05, 0) is 25.3 Å². The van der Waals surface area contributed by atoms with Crippen LogP contribution in [0.5, 0.6) is 0 Å². The van der Waals surface area contributed by atoms with Gasteiger partial charge >= 0.3 is 12.1 Å². The SMILES string of the molecule is CCOC(=O)CC(O)[C@@H]1CSCN1C(=O)[C@@H]1CCCN1C(=O)OCc1ccccc1. The molecule has 2 amide bonds. The topological polar surface area (TPSA) is 96.4 Å². The summed E-state index contributed by atoms with van der Waals surface area (Å²) in [6, 6.07) is 8.30. The lowest BCUT2D eigenvalue weighted by molar-refractivity contribution is -0.148. The summed E-state index contributed by atoms with van der Waals surface area (Å²) >= 11 is 1.52. The monoisotopic (exact) mass is 436 g/mol. The Balaban J connectivity index is 1.59. The molecule has 9 heteroatoms. The zero-order chi connectivity index (χ0) is 21.5. The maximum absolute atomic E-state index is 13.2. The highest BCUT2D eigenvalue weighted by Gasteiger charge is 2.43. The second kappa shape index (κ2) is 10.7. The fourth-order valence-corrected chi connectivity index (χ4v) is 5.03. The van der Waals surface area contributed by atoms with E-state index in [2.05, 4.69) is 0 Å². The van der Waals surface area contributed by atoms with Gasteiger partial charge < -0.3 is 19.5 Å². The third-order valence-electron chi connectivity index (χ3n) is 5.31. The van der Waals surface area contributed by atoms with Crippen molar-refractivity contribution in [3.63, 3.8) is 0 Å². The van der Waals surface area contributed by atoms with Crippen LogP contribution in [0.3, 0.4) is 0 Å². The largest absolute Gasteiger partial charge is 0.466 e. The minimum atomic E-state index is -0.997. The van der Waals surface area contributed by atoms with Crippen LogP contribution < -0.4 is 0 Å². The molecule has 2 fully saturated rings. The maximum atomic E-state index is 13.2. The van der Waals surface area contributed by atoms with E-state index in [1.54, 1.807) is 11.8 Å². The Morgan fingerprint density at radius 3 is 2.70 bits per heavy atom. The number of carbonyl (C=O) groups excluding carboxylic acids is 3. The van der Waals surface area contributed by atoms with Crippen LogP contribution in [-0.2, 0) is 25.7 Å². The van der Waals surface area contributed by atoms with Gasteiger partial charge in [-0.3, -0.25) is 14.5 Å². The highest BCUT2D eigenvalue weighted by Crippen LogP contribution is 2.29. The van der Waals surface area contributed by atoms with E-state index in [9.17, 15) is 19.5 Å². The molecule has 1 N–H and O–H groups in total. The lowest BCUT2D eigenvalue weighted by Gasteiger charge is -2.32. The first-order chi connectivity index (χ1) is 14.5. The van der Waals surface area contributed by atoms with Crippen LogP contribution in [0, 0.1) is 0 Å². The van der Waals surface area contributed by atoms with Crippen molar-refractivity contribution in [2.75, 3.05) is 24.8 Å². The number of hydrogen-bond donors (Lipinski definition) is 1. The first-order valence-corrected chi connectivity index (χ1v) is 11.4. The molecular weight excluding hydrogens is 408 g/mol. The number of rotatable bonds is 7. The van der Waals surface area contributed by atoms with Crippen molar-refractivity contribution in [2.24, 2.45) is 0 Å². The Morgan fingerprint density at radius 2 is 1.97 bits per heavy atom. The van der Waals surface area contributed by atoms with E-state index in [0.717, 1.165) is 5.56 Å². The maximum Gasteiger partial charge on any atom is 0.410 e. The van der Waals surface area contributed by atoms with Crippen LogP contribution in [0.1, 0.15) is 31.7 Å². The van der Waals surface area contributed by atoms with E-state index in [1.165, 1.54) is 16.7 Å². The van der Waals surface area contributed by atoms with Crippen molar-refractivity contribution >= 4 is 29.7 Å². The summed E-state index contributed by atoms with van der Waals surface area (Å²) < 4.78 is 10.3. The molecule has 3 rings (SSSR count). The number of aliphatic hydroxyl groups excluding tert-OH is 1. The van der Waals surface area contributed by atoms with E-state index in [1.807, 2.05) is 30.3 Å². The Bertz CT molecular complexity index is 746. The molecule has 2 aliphatic heterocycles. The lowest BCUT2D eigenvalue weighted by atomic mass is 10.1. The number of amides is 2. The zero-order valence-corrected chi connectivity index (χ0v) is 17.9. The molecule has 0 radical (unpaired) electrons. The molecule has 0 aromatic heterocycles. The number of likely N-dealkylation sites (tertiary alicyclic amines) is 1. The van der Waals surface area contributed by atoms with Crippen LogP contribution in [0.2, 0.25) is 0 Å². The van der Waals surface area contributed by atoms with Crippen LogP contribution in [0.4, 0.5) is 4.79 Å². The van der Waals surface area contributed by atoms with E-state index in [-0.39, 0.29) is 25.5 Å². The number of thioether (sulfide) groups is 1. The predicted octanol–water partition coefficient (Wildman–Crippen LogP) is 2.00. The highest BCUT2D eigenvalue weighted by atomic mass is 32.2. The molecule has 2 heterocycles.